The van der Waals surface area contributed by atoms with Crippen molar-refractivity contribution in [3.8, 4) is 0 Å². The maximum absolute atomic E-state index is 4.33. The van der Waals surface area contributed by atoms with E-state index in [9.17, 15) is 0 Å². The van der Waals surface area contributed by atoms with Gasteiger partial charge in [-0.3, -0.25) is 4.98 Å². The van der Waals surface area contributed by atoms with E-state index >= 15 is 0 Å². The van der Waals surface area contributed by atoms with Crippen molar-refractivity contribution in [3.63, 3.8) is 0 Å². The molecule has 2 rings (SSSR count). The topological polar surface area (TPSA) is 24.9 Å². The molecule has 0 spiro atoms. The first-order chi connectivity index (χ1) is 8.61. The third-order valence-corrected chi connectivity index (χ3v) is 7.01. The molecule has 1 aliphatic heterocycles. The van der Waals surface area contributed by atoms with Crippen LogP contribution in [0, 0.1) is 6.92 Å². The van der Waals surface area contributed by atoms with Gasteiger partial charge >= 0.3 is 0 Å². The normalized spacial score (nSPS) is 30.1. The summed E-state index contributed by atoms with van der Waals surface area (Å²) in [4.78, 5) is 4.33. The molecule has 0 radical (unpaired) electrons. The summed E-state index contributed by atoms with van der Waals surface area (Å²) in [6, 6.07) is 2.66. The van der Waals surface area contributed by atoms with E-state index in [1.54, 1.807) is 0 Å². The van der Waals surface area contributed by atoms with Gasteiger partial charge in [-0.25, -0.2) is 0 Å². The van der Waals surface area contributed by atoms with E-state index in [4.69, 9.17) is 0 Å². The van der Waals surface area contributed by atoms with E-state index in [1.807, 2.05) is 12.4 Å². The third kappa shape index (κ3) is 3.22. The Balaban J connectivity index is 2.14. The number of rotatable bonds is 3. The van der Waals surface area contributed by atoms with Crippen molar-refractivity contribution < 1.29 is 0 Å². The Bertz CT molecular complexity index is 397. The van der Waals surface area contributed by atoms with Crippen LogP contribution in [-0.4, -0.2) is 33.5 Å². The van der Waals surface area contributed by atoms with Gasteiger partial charge in [-0.1, -0.05) is 19.9 Å². The molecule has 2 nitrogen and oxygen atoms in total. The highest BCUT2D eigenvalue weighted by atomic mass is 32.2. The molecular weight excluding hydrogens is 260 g/mol. The summed E-state index contributed by atoms with van der Waals surface area (Å²) in [6.45, 7) is 6.79. The Morgan fingerprint density at radius 1 is 1.33 bits per heavy atom. The molecule has 4 atom stereocenters. The van der Waals surface area contributed by atoms with Crippen molar-refractivity contribution in [3.05, 3.63) is 29.6 Å². The Morgan fingerprint density at radius 2 is 2.11 bits per heavy atom. The molecule has 0 aliphatic carbocycles. The van der Waals surface area contributed by atoms with Crippen LogP contribution in [0.25, 0.3) is 0 Å². The summed E-state index contributed by atoms with van der Waals surface area (Å²) in [6.07, 6.45) is 3.92. The van der Waals surface area contributed by atoms with Gasteiger partial charge in [-0.2, -0.15) is 23.5 Å². The number of thioether (sulfide) groups is 2. The zero-order valence-corrected chi connectivity index (χ0v) is 13.1. The molecule has 1 aromatic heterocycles. The van der Waals surface area contributed by atoms with E-state index in [1.165, 1.54) is 16.9 Å². The van der Waals surface area contributed by atoms with Gasteiger partial charge in [0.1, 0.15) is 0 Å². The summed E-state index contributed by atoms with van der Waals surface area (Å²) in [7, 11) is 2.06. The lowest BCUT2D eigenvalue weighted by Gasteiger charge is -2.36. The third-order valence-electron chi connectivity index (χ3n) is 3.51. The molecule has 1 aliphatic rings. The van der Waals surface area contributed by atoms with E-state index in [-0.39, 0.29) is 0 Å². The predicted octanol–water partition coefficient (Wildman–Crippen LogP) is 3.28. The SMILES string of the molecule is CNC(c1cncc(C)c1)C1CSC(C)C(C)S1. The Hall–Kier alpha value is -0.190. The number of hydrogen-bond acceptors (Lipinski definition) is 4. The zero-order valence-electron chi connectivity index (χ0n) is 11.5. The fourth-order valence-corrected chi connectivity index (χ4v) is 5.46. The van der Waals surface area contributed by atoms with Crippen LogP contribution in [0.4, 0.5) is 0 Å². The standard InChI is InChI=1S/C14H22N2S2/c1-9-5-12(7-16-6-9)14(15-4)13-8-17-10(2)11(3)18-13/h5-7,10-11,13-15H,8H2,1-4H3. The lowest BCUT2D eigenvalue weighted by Crippen LogP contribution is -2.35. The van der Waals surface area contributed by atoms with Gasteiger partial charge in [0.05, 0.1) is 0 Å². The average molecular weight is 282 g/mol. The Morgan fingerprint density at radius 3 is 2.72 bits per heavy atom. The lowest BCUT2D eigenvalue weighted by atomic mass is 10.1. The van der Waals surface area contributed by atoms with Gasteiger partial charge in [0, 0.05) is 39.9 Å². The first-order valence-electron chi connectivity index (χ1n) is 6.47. The predicted molar refractivity (Wildman–Crippen MR) is 83.5 cm³/mol. The van der Waals surface area contributed by atoms with Crippen LogP contribution in [-0.2, 0) is 0 Å². The average Bonchev–Trinajstić information content (AvgIpc) is 2.35. The van der Waals surface area contributed by atoms with Crippen molar-refractivity contribution >= 4 is 23.5 Å². The number of nitrogens with one attached hydrogen (secondary N) is 1. The Labute approximate surface area is 119 Å². The van der Waals surface area contributed by atoms with Crippen molar-refractivity contribution in [2.24, 2.45) is 0 Å². The first kappa shape index (κ1) is 14.2. The summed E-state index contributed by atoms with van der Waals surface area (Å²) in [5.41, 5.74) is 2.56. The minimum absolute atomic E-state index is 0.407. The van der Waals surface area contributed by atoms with Crippen LogP contribution in [0.3, 0.4) is 0 Å². The van der Waals surface area contributed by atoms with Gasteiger partial charge in [0.25, 0.3) is 0 Å². The largest absolute Gasteiger partial charge is 0.312 e. The van der Waals surface area contributed by atoms with Crippen molar-refractivity contribution in [2.75, 3.05) is 12.8 Å². The molecule has 2 heterocycles. The maximum atomic E-state index is 4.33. The molecular formula is C14H22N2S2. The second-order valence-electron chi connectivity index (χ2n) is 4.98. The number of hydrogen-bond donors (Lipinski definition) is 1. The molecule has 0 bridgehead atoms. The van der Waals surface area contributed by atoms with Crippen molar-refractivity contribution in [2.45, 2.75) is 42.6 Å². The van der Waals surface area contributed by atoms with Crippen molar-refractivity contribution in [1.82, 2.24) is 10.3 Å². The van der Waals surface area contributed by atoms with E-state index < -0.39 is 0 Å². The molecule has 1 saturated heterocycles. The van der Waals surface area contributed by atoms with Gasteiger partial charge in [-0.05, 0) is 25.1 Å². The highest BCUT2D eigenvalue weighted by molar-refractivity contribution is 8.07. The fourth-order valence-electron chi connectivity index (χ4n) is 2.30. The smallest absolute Gasteiger partial charge is 0.0461 e. The van der Waals surface area contributed by atoms with Gasteiger partial charge in [-0.15, -0.1) is 0 Å². The molecule has 0 saturated carbocycles. The van der Waals surface area contributed by atoms with Crippen LogP contribution >= 0.6 is 23.5 Å². The number of aromatic nitrogens is 1. The minimum Gasteiger partial charge on any atom is -0.312 e. The molecule has 0 aromatic carbocycles. The van der Waals surface area contributed by atoms with E-state index in [0.717, 1.165) is 10.5 Å². The highest BCUT2D eigenvalue weighted by Crippen LogP contribution is 2.40. The summed E-state index contributed by atoms with van der Waals surface area (Å²) in [5.74, 6) is 1.22. The second kappa shape index (κ2) is 6.31. The number of aryl methyl sites for hydroxylation is 1. The molecule has 1 aromatic rings. The van der Waals surface area contributed by atoms with Gasteiger partial charge in [0.15, 0.2) is 0 Å². The number of pyridine rings is 1. The van der Waals surface area contributed by atoms with Gasteiger partial charge in [0.2, 0.25) is 0 Å². The first-order valence-corrected chi connectivity index (χ1v) is 8.47. The van der Waals surface area contributed by atoms with Gasteiger partial charge < -0.3 is 5.32 Å². The number of nitrogens with zero attached hydrogens (tertiary/aromatic N) is 1. The molecule has 4 heteroatoms. The van der Waals surface area contributed by atoms with Crippen LogP contribution in [0.1, 0.15) is 31.0 Å². The quantitative estimate of drug-likeness (QED) is 0.920. The minimum atomic E-state index is 0.407. The van der Waals surface area contributed by atoms with E-state index in [0.29, 0.717) is 11.3 Å². The highest BCUT2D eigenvalue weighted by Gasteiger charge is 2.31. The van der Waals surface area contributed by atoms with Crippen LogP contribution < -0.4 is 5.32 Å². The lowest BCUT2D eigenvalue weighted by molar-refractivity contribution is 0.586. The van der Waals surface area contributed by atoms with Crippen LogP contribution in [0.5, 0.6) is 0 Å². The summed E-state index contributed by atoms with van der Waals surface area (Å²) < 4.78 is 0. The maximum Gasteiger partial charge on any atom is 0.0461 e. The molecule has 4 unspecified atom stereocenters. The zero-order chi connectivity index (χ0) is 13.1. The molecule has 100 valence electrons. The van der Waals surface area contributed by atoms with Crippen LogP contribution in [0.15, 0.2) is 18.5 Å². The monoisotopic (exact) mass is 282 g/mol. The summed E-state index contributed by atoms with van der Waals surface area (Å²) >= 11 is 4.21. The van der Waals surface area contributed by atoms with Crippen molar-refractivity contribution in [1.29, 1.82) is 0 Å². The molecule has 0 amide bonds. The molecule has 1 N–H and O–H groups in total. The molecule has 1 fully saturated rings. The second-order valence-corrected chi connectivity index (χ2v) is 8.01. The molecule has 18 heavy (non-hydrogen) atoms. The fraction of sp³-hybridized carbons (Fsp3) is 0.643. The Kier molecular flexibility index (Phi) is 4.98. The van der Waals surface area contributed by atoms with E-state index in [2.05, 4.69) is 67.7 Å². The summed E-state index contributed by atoms with van der Waals surface area (Å²) in [5, 5.41) is 5.60. The van der Waals surface area contributed by atoms with Crippen LogP contribution in [0.2, 0.25) is 0 Å².